The Hall–Kier alpha value is -2.20. The summed E-state index contributed by atoms with van der Waals surface area (Å²) in [6.45, 7) is 2.52. The molecule has 2 N–H and O–H groups in total. The smallest absolute Gasteiger partial charge is 0.246 e. The zero-order chi connectivity index (χ0) is 14.1. The van der Waals surface area contributed by atoms with E-state index in [4.69, 9.17) is 0 Å². The third-order valence-corrected chi connectivity index (χ3v) is 3.46. The summed E-state index contributed by atoms with van der Waals surface area (Å²) < 4.78 is 12.8. The van der Waals surface area contributed by atoms with Crippen molar-refractivity contribution in [2.75, 3.05) is 5.32 Å². The van der Waals surface area contributed by atoms with Gasteiger partial charge in [-0.1, -0.05) is 29.8 Å². The second kappa shape index (κ2) is 5.06. The van der Waals surface area contributed by atoms with Crippen molar-refractivity contribution >= 4 is 11.6 Å². The van der Waals surface area contributed by atoms with E-state index in [1.807, 2.05) is 25.1 Å². The molecule has 1 amide bonds. The molecule has 0 saturated heterocycles. The summed E-state index contributed by atoms with van der Waals surface area (Å²) in [4.78, 5) is 12.0. The highest BCUT2D eigenvalue weighted by molar-refractivity contribution is 6.02. The first-order valence-electron chi connectivity index (χ1n) is 6.53. The summed E-state index contributed by atoms with van der Waals surface area (Å²) in [6.07, 6.45) is 0. The average Bonchev–Trinajstić information content (AvgIpc) is 2.73. The molecule has 0 saturated carbocycles. The first-order valence-corrected chi connectivity index (χ1v) is 6.53. The van der Waals surface area contributed by atoms with Crippen LogP contribution in [0.2, 0.25) is 0 Å². The van der Waals surface area contributed by atoms with Crippen molar-refractivity contribution in [2.45, 2.75) is 19.5 Å². The molecule has 2 aromatic rings. The molecule has 0 radical (unpaired) electrons. The summed E-state index contributed by atoms with van der Waals surface area (Å²) in [6, 6.07) is 11.8. The zero-order valence-electron chi connectivity index (χ0n) is 11.1. The van der Waals surface area contributed by atoms with Gasteiger partial charge in [0.1, 0.15) is 11.9 Å². The van der Waals surface area contributed by atoms with Crippen LogP contribution < -0.4 is 10.6 Å². The number of aryl methyl sites for hydroxylation is 1. The van der Waals surface area contributed by atoms with Gasteiger partial charge in [0, 0.05) is 17.8 Å². The number of carbonyl (C=O) groups is 1. The molecule has 2 aromatic carbocycles. The van der Waals surface area contributed by atoms with Gasteiger partial charge in [0.25, 0.3) is 0 Å². The number of nitrogens with one attached hydrogen (secondary N) is 2. The molecule has 0 bridgehead atoms. The van der Waals surface area contributed by atoms with Crippen LogP contribution in [-0.2, 0) is 11.3 Å². The number of anilines is 1. The van der Waals surface area contributed by atoms with E-state index in [2.05, 4.69) is 10.6 Å². The van der Waals surface area contributed by atoms with Crippen LogP contribution >= 0.6 is 0 Å². The fourth-order valence-corrected chi connectivity index (χ4v) is 2.41. The molecule has 1 aliphatic rings. The van der Waals surface area contributed by atoms with Crippen LogP contribution in [0.1, 0.15) is 22.7 Å². The molecular formula is C16H15FN2O. The maximum atomic E-state index is 12.8. The minimum Gasteiger partial charge on any atom is -0.324 e. The number of carbonyl (C=O) groups excluding carboxylic acids is 1. The first-order chi connectivity index (χ1) is 9.63. The van der Waals surface area contributed by atoms with Crippen LogP contribution in [0.4, 0.5) is 10.1 Å². The van der Waals surface area contributed by atoms with E-state index in [1.165, 1.54) is 12.1 Å². The molecule has 102 valence electrons. The molecule has 0 aliphatic carbocycles. The fourth-order valence-electron chi connectivity index (χ4n) is 2.41. The number of fused-ring (bicyclic) bond motifs is 1. The van der Waals surface area contributed by atoms with Gasteiger partial charge in [0.15, 0.2) is 0 Å². The Morgan fingerprint density at radius 3 is 2.70 bits per heavy atom. The van der Waals surface area contributed by atoms with Gasteiger partial charge in [-0.25, -0.2) is 4.39 Å². The summed E-state index contributed by atoms with van der Waals surface area (Å²) in [5.41, 5.74) is 3.89. The summed E-state index contributed by atoms with van der Waals surface area (Å²) in [7, 11) is 0. The maximum Gasteiger partial charge on any atom is 0.246 e. The molecule has 1 atom stereocenters. The van der Waals surface area contributed by atoms with E-state index in [0.29, 0.717) is 6.54 Å². The molecule has 1 aliphatic heterocycles. The quantitative estimate of drug-likeness (QED) is 0.900. The fraction of sp³-hybridized carbons (Fsp3) is 0.188. The van der Waals surface area contributed by atoms with Crippen molar-refractivity contribution in [3.05, 3.63) is 65.0 Å². The van der Waals surface area contributed by atoms with Crippen molar-refractivity contribution in [3.63, 3.8) is 0 Å². The monoisotopic (exact) mass is 270 g/mol. The van der Waals surface area contributed by atoms with Crippen LogP contribution in [0, 0.1) is 12.7 Å². The van der Waals surface area contributed by atoms with Gasteiger partial charge in [-0.05, 0) is 30.7 Å². The summed E-state index contributed by atoms with van der Waals surface area (Å²) in [5, 5.41) is 6.07. The summed E-state index contributed by atoms with van der Waals surface area (Å²) in [5.74, 6) is -0.305. The number of rotatable bonds is 3. The van der Waals surface area contributed by atoms with Crippen LogP contribution in [-0.4, -0.2) is 5.91 Å². The topological polar surface area (TPSA) is 41.1 Å². The van der Waals surface area contributed by atoms with Gasteiger partial charge in [-0.3, -0.25) is 10.1 Å². The lowest BCUT2D eigenvalue weighted by molar-refractivity contribution is -0.117. The van der Waals surface area contributed by atoms with Crippen molar-refractivity contribution < 1.29 is 9.18 Å². The lowest BCUT2D eigenvalue weighted by Crippen LogP contribution is -2.27. The molecule has 4 heteroatoms. The normalized spacial score (nSPS) is 16.9. The number of halogens is 1. The summed E-state index contributed by atoms with van der Waals surface area (Å²) >= 11 is 0. The van der Waals surface area contributed by atoms with E-state index in [-0.39, 0.29) is 17.8 Å². The standard InChI is InChI=1S/C16H15FN2O/c1-10-2-7-14-13(8-10)15(16(20)19-14)18-9-11-3-5-12(17)6-4-11/h2-8,15,18H,9H2,1H3,(H,19,20). The number of hydrogen-bond acceptors (Lipinski definition) is 2. The van der Waals surface area contributed by atoms with E-state index >= 15 is 0 Å². The molecule has 1 unspecified atom stereocenters. The highest BCUT2D eigenvalue weighted by Crippen LogP contribution is 2.31. The van der Waals surface area contributed by atoms with Crippen LogP contribution in [0.25, 0.3) is 0 Å². The molecule has 0 aromatic heterocycles. The van der Waals surface area contributed by atoms with E-state index < -0.39 is 0 Å². The Balaban J connectivity index is 1.76. The van der Waals surface area contributed by atoms with Gasteiger partial charge in [-0.2, -0.15) is 0 Å². The Morgan fingerprint density at radius 1 is 1.20 bits per heavy atom. The van der Waals surface area contributed by atoms with Gasteiger partial charge >= 0.3 is 0 Å². The predicted octanol–water partition coefficient (Wildman–Crippen LogP) is 2.92. The molecule has 0 fully saturated rings. The number of hydrogen-bond donors (Lipinski definition) is 2. The maximum absolute atomic E-state index is 12.8. The molecule has 3 nitrogen and oxygen atoms in total. The minimum absolute atomic E-state index is 0.0484. The Labute approximate surface area is 116 Å². The molecule has 0 spiro atoms. The molecular weight excluding hydrogens is 255 g/mol. The van der Waals surface area contributed by atoms with Crippen LogP contribution in [0.5, 0.6) is 0 Å². The highest BCUT2D eigenvalue weighted by atomic mass is 19.1. The molecule has 20 heavy (non-hydrogen) atoms. The average molecular weight is 270 g/mol. The van der Waals surface area contributed by atoms with Gasteiger partial charge in [0.05, 0.1) is 0 Å². The predicted molar refractivity (Wildman–Crippen MR) is 75.8 cm³/mol. The van der Waals surface area contributed by atoms with Gasteiger partial charge in [-0.15, -0.1) is 0 Å². The number of amides is 1. The van der Waals surface area contributed by atoms with Crippen LogP contribution in [0.3, 0.4) is 0 Å². The Kier molecular flexibility index (Phi) is 3.24. The van der Waals surface area contributed by atoms with Gasteiger partial charge < -0.3 is 5.32 Å². The Morgan fingerprint density at radius 2 is 1.95 bits per heavy atom. The lowest BCUT2D eigenvalue weighted by atomic mass is 10.1. The van der Waals surface area contributed by atoms with Crippen molar-refractivity contribution in [1.82, 2.24) is 5.32 Å². The van der Waals surface area contributed by atoms with Crippen LogP contribution in [0.15, 0.2) is 42.5 Å². The third kappa shape index (κ3) is 2.42. The molecule has 1 heterocycles. The number of benzene rings is 2. The SMILES string of the molecule is Cc1ccc2c(c1)C(NCc1ccc(F)cc1)C(=O)N2. The highest BCUT2D eigenvalue weighted by Gasteiger charge is 2.29. The second-order valence-corrected chi connectivity index (χ2v) is 5.02. The molecule has 3 rings (SSSR count). The zero-order valence-corrected chi connectivity index (χ0v) is 11.1. The van der Waals surface area contributed by atoms with Crippen molar-refractivity contribution in [1.29, 1.82) is 0 Å². The van der Waals surface area contributed by atoms with E-state index in [0.717, 1.165) is 22.4 Å². The van der Waals surface area contributed by atoms with E-state index in [1.54, 1.807) is 12.1 Å². The van der Waals surface area contributed by atoms with Crippen molar-refractivity contribution in [2.24, 2.45) is 0 Å². The minimum atomic E-state index is -0.352. The second-order valence-electron chi connectivity index (χ2n) is 5.02. The van der Waals surface area contributed by atoms with Crippen molar-refractivity contribution in [3.8, 4) is 0 Å². The van der Waals surface area contributed by atoms with Gasteiger partial charge in [0.2, 0.25) is 5.91 Å². The lowest BCUT2D eigenvalue weighted by Gasteiger charge is -2.12. The first kappa shape index (κ1) is 12.8. The largest absolute Gasteiger partial charge is 0.324 e. The third-order valence-electron chi connectivity index (χ3n) is 3.46. The Bertz CT molecular complexity index is 652. The van der Waals surface area contributed by atoms with E-state index in [9.17, 15) is 9.18 Å².